The van der Waals surface area contributed by atoms with E-state index in [1.54, 1.807) is 19.1 Å². The first kappa shape index (κ1) is 25.4. The molecule has 0 aromatic carbocycles. The summed E-state index contributed by atoms with van der Waals surface area (Å²) in [4.78, 5) is 12.2. The maximum Gasteiger partial charge on any atom is 0.161 e. The number of ether oxygens (including phenoxy) is 1. The summed E-state index contributed by atoms with van der Waals surface area (Å²) < 4.78 is 5.02. The van der Waals surface area contributed by atoms with Gasteiger partial charge in [-0.15, -0.1) is 0 Å². The molecule has 0 bridgehead atoms. The van der Waals surface area contributed by atoms with Crippen molar-refractivity contribution in [3.8, 4) is 0 Å². The maximum atomic E-state index is 12.2. The number of allylic oxidation sites excluding steroid dienone is 5. The summed E-state index contributed by atoms with van der Waals surface area (Å²) in [6.07, 6.45) is 10.2. The molecule has 0 heterocycles. The first-order valence-corrected chi connectivity index (χ1v) is 9.80. The molecule has 0 aromatic heterocycles. The largest absolute Gasteiger partial charge is 0.510 e. The van der Waals surface area contributed by atoms with Crippen LogP contribution in [0.25, 0.3) is 0 Å². The minimum atomic E-state index is -1.04. The molecule has 0 saturated heterocycles. The van der Waals surface area contributed by atoms with Crippen molar-refractivity contribution in [2.24, 2.45) is 5.92 Å². The number of ketones is 1. The quantitative estimate of drug-likeness (QED) is 0.183. The number of Topliss-reactive ketones (excluding diaryl/α,β-unsaturated/α-hetero) is 1. The molecule has 0 aliphatic heterocycles. The van der Waals surface area contributed by atoms with Crippen molar-refractivity contribution in [2.75, 3.05) is 7.11 Å². The van der Waals surface area contributed by atoms with Gasteiger partial charge in [0.05, 0.1) is 0 Å². The van der Waals surface area contributed by atoms with Crippen molar-refractivity contribution in [3.63, 3.8) is 0 Å². The van der Waals surface area contributed by atoms with Gasteiger partial charge in [0.1, 0.15) is 18.0 Å². The average molecular weight is 379 g/mol. The predicted molar refractivity (Wildman–Crippen MR) is 113 cm³/mol. The van der Waals surface area contributed by atoms with Gasteiger partial charge >= 0.3 is 0 Å². The lowest BCUT2D eigenvalue weighted by molar-refractivity contribution is -0.127. The SMILES string of the molecule is C=C/C(=C\C=C(\O)C(C)OC)CC(O)C(=O)CC[C@H](C)CCCC=C(C)C. The van der Waals surface area contributed by atoms with E-state index in [-0.39, 0.29) is 18.0 Å². The van der Waals surface area contributed by atoms with Crippen LogP contribution in [-0.4, -0.2) is 35.3 Å². The topological polar surface area (TPSA) is 66.8 Å². The van der Waals surface area contributed by atoms with Crippen LogP contribution in [-0.2, 0) is 9.53 Å². The Hall–Kier alpha value is -1.65. The Balaban J connectivity index is 4.42. The van der Waals surface area contributed by atoms with Crippen LogP contribution in [0.15, 0.2) is 47.8 Å². The highest BCUT2D eigenvalue weighted by Gasteiger charge is 2.17. The molecule has 0 fully saturated rings. The molecule has 0 aliphatic carbocycles. The molecule has 4 heteroatoms. The van der Waals surface area contributed by atoms with Crippen LogP contribution in [0, 0.1) is 5.92 Å². The average Bonchev–Trinajstić information content (AvgIpc) is 2.64. The number of carbonyl (C=O) groups excluding carboxylic acids is 1. The van der Waals surface area contributed by atoms with Gasteiger partial charge in [0, 0.05) is 20.0 Å². The van der Waals surface area contributed by atoms with E-state index < -0.39 is 12.2 Å². The number of carbonyl (C=O) groups is 1. The predicted octanol–water partition coefficient (Wildman–Crippen LogP) is 5.45. The van der Waals surface area contributed by atoms with Gasteiger partial charge in [0.15, 0.2) is 5.78 Å². The maximum absolute atomic E-state index is 12.2. The molecule has 27 heavy (non-hydrogen) atoms. The van der Waals surface area contributed by atoms with E-state index in [4.69, 9.17) is 4.74 Å². The molecule has 0 radical (unpaired) electrons. The van der Waals surface area contributed by atoms with Crippen molar-refractivity contribution >= 4 is 5.78 Å². The third kappa shape index (κ3) is 12.4. The van der Waals surface area contributed by atoms with Gasteiger partial charge in [-0.3, -0.25) is 4.79 Å². The third-order valence-corrected chi connectivity index (χ3v) is 4.64. The standard InChI is InChI=1S/C23H38O4/c1-7-20(13-15-21(24)19(5)27-6)16-23(26)22(25)14-12-18(4)11-9-8-10-17(2)3/h7,10,13,15,18-19,23-24,26H,1,8-9,11-12,14,16H2,2-6H3/b20-13+,21-15+/t18-,19?,23?/m1/s1. The van der Waals surface area contributed by atoms with Gasteiger partial charge in [-0.1, -0.05) is 43.7 Å². The fourth-order valence-electron chi connectivity index (χ4n) is 2.56. The Kier molecular flexibility index (Phi) is 13.5. The first-order chi connectivity index (χ1) is 12.7. The van der Waals surface area contributed by atoms with Crippen LogP contribution in [0.3, 0.4) is 0 Å². The number of aliphatic hydroxyl groups excluding tert-OH is 2. The number of hydrogen-bond acceptors (Lipinski definition) is 4. The van der Waals surface area contributed by atoms with E-state index in [1.165, 1.54) is 18.8 Å². The second kappa shape index (κ2) is 14.4. The van der Waals surface area contributed by atoms with Crippen LogP contribution in [0.5, 0.6) is 0 Å². The van der Waals surface area contributed by atoms with Gasteiger partial charge in [0.25, 0.3) is 0 Å². The van der Waals surface area contributed by atoms with E-state index in [1.807, 2.05) is 0 Å². The smallest absolute Gasteiger partial charge is 0.161 e. The number of unbranched alkanes of at least 4 members (excludes halogenated alkanes) is 1. The van der Waals surface area contributed by atoms with Crippen molar-refractivity contribution < 1.29 is 19.7 Å². The highest BCUT2D eigenvalue weighted by Crippen LogP contribution is 2.17. The van der Waals surface area contributed by atoms with Gasteiger partial charge in [-0.25, -0.2) is 0 Å². The molecule has 0 saturated carbocycles. The summed E-state index contributed by atoms with van der Waals surface area (Å²) in [5.41, 5.74) is 2.03. The molecule has 2 N–H and O–H groups in total. The lowest BCUT2D eigenvalue weighted by Crippen LogP contribution is -2.21. The lowest BCUT2D eigenvalue weighted by atomic mass is 9.94. The minimum Gasteiger partial charge on any atom is -0.510 e. The molecular weight excluding hydrogens is 340 g/mol. The zero-order valence-electron chi connectivity index (χ0n) is 17.7. The summed E-state index contributed by atoms with van der Waals surface area (Å²) in [6, 6.07) is 0. The van der Waals surface area contributed by atoms with E-state index in [0.29, 0.717) is 17.9 Å². The van der Waals surface area contributed by atoms with Crippen LogP contribution in [0.2, 0.25) is 0 Å². The molecule has 0 rings (SSSR count). The summed E-state index contributed by atoms with van der Waals surface area (Å²) in [6.45, 7) is 11.8. The Morgan fingerprint density at radius 2 is 1.85 bits per heavy atom. The Labute approximate surface area is 165 Å². The zero-order valence-corrected chi connectivity index (χ0v) is 17.7. The zero-order chi connectivity index (χ0) is 20.8. The Morgan fingerprint density at radius 1 is 1.19 bits per heavy atom. The minimum absolute atomic E-state index is 0.0830. The molecule has 3 atom stereocenters. The summed E-state index contributed by atoms with van der Waals surface area (Å²) in [5, 5.41) is 20.0. The van der Waals surface area contributed by atoms with Crippen molar-refractivity contribution in [2.45, 2.75) is 78.4 Å². The molecule has 2 unspecified atom stereocenters. The van der Waals surface area contributed by atoms with E-state index in [2.05, 4.69) is 33.4 Å². The van der Waals surface area contributed by atoms with Crippen molar-refractivity contribution in [1.82, 2.24) is 0 Å². The third-order valence-electron chi connectivity index (χ3n) is 4.64. The summed E-state index contributed by atoms with van der Waals surface area (Å²) in [7, 11) is 1.51. The molecule has 0 aromatic rings. The lowest BCUT2D eigenvalue weighted by Gasteiger charge is -2.13. The molecule has 0 amide bonds. The number of aliphatic hydroxyl groups is 2. The van der Waals surface area contributed by atoms with Crippen LogP contribution >= 0.6 is 0 Å². The second-order valence-electron chi connectivity index (χ2n) is 7.46. The van der Waals surface area contributed by atoms with Gasteiger partial charge < -0.3 is 14.9 Å². The number of rotatable bonds is 14. The highest BCUT2D eigenvalue weighted by molar-refractivity contribution is 5.83. The summed E-state index contributed by atoms with van der Waals surface area (Å²) in [5.74, 6) is 0.411. The normalized spacial score (nSPS) is 15.8. The van der Waals surface area contributed by atoms with Crippen LogP contribution in [0.4, 0.5) is 0 Å². The van der Waals surface area contributed by atoms with Crippen molar-refractivity contribution in [3.05, 3.63) is 47.8 Å². The molecule has 4 nitrogen and oxygen atoms in total. The fraction of sp³-hybridized carbons (Fsp3) is 0.609. The molecule has 154 valence electrons. The summed E-state index contributed by atoms with van der Waals surface area (Å²) >= 11 is 0. The van der Waals surface area contributed by atoms with E-state index >= 15 is 0 Å². The van der Waals surface area contributed by atoms with Gasteiger partial charge in [-0.2, -0.15) is 0 Å². The monoisotopic (exact) mass is 378 g/mol. The van der Waals surface area contributed by atoms with E-state index in [0.717, 1.165) is 25.7 Å². The van der Waals surface area contributed by atoms with Crippen LogP contribution < -0.4 is 0 Å². The Morgan fingerprint density at radius 3 is 2.41 bits per heavy atom. The molecule has 0 spiro atoms. The van der Waals surface area contributed by atoms with Gasteiger partial charge in [0.2, 0.25) is 0 Å². The Bertz CT molecular complexity index is 539. The molecule has 0 aliphatic rings. The number of hydrogen-bond donors (Lipinski definition) is 2. The number of methoxy groups -OCH3 is 1. The second-order valence-corrected chi connectivity index (χ2v) is 7.46. The van der Waals surface area contributed by atoms with Gasteiger partial charge in [-0.05, 0) is 57.6 Å². The fourth-order valence-corrected chi connectivity index (χ4v) is 2.56. The van der Waals surface area contributed by atoms with Crippen LogP contribution in [0.1, 0.15) is 66.2 Å². The first-order valence-electron chi connectivity index (χ1n) is 9.80. The van der Waals surface area contributed by atoms with E-state index in [9.17, 15) is 15.0 Å². The highest BCUT2D eigenvalue weighted by atomic mass is 16.5. The van der Waals surface area contributed by atoms with Crippen molar-refractivity contribution in [1.29, 1.82) is 0 Å². The molecular formula is C23H38O4.